The van der Waals surface area contributed by atoms with Crippen LogP contribution < -0.4 is 0 Å². The van der Waals surface area contributed by atoms with Gasteiger partial charge in [-0.15, -0.1) is 0 Å². The summed E-state index contributed by atoms with van der Waals surface area (Å²) >= 11 is 0. The van der Waals surface area contributed by atoms with E-state index in [2.05, 4.69) is 8.37 Å². The molecule has 0 fully saturated rings. The number of hydrogen-bond donors (Lipinski definition) is 2. The van der Waals surface area contributed by atoms with E-state index in [4.69, 9.17) is 10.2 Å². The summed E-state index contributed by atoms with van der Waals surface area (Å²) in [5.41, 5.74) is 0. The van der Waals surface area contributed by atoms with Gasteiger partial charge in [-0.05, 0) is 0 Å². The first kappa shape index (κ1) is 22.4. The molecule has 2 N–H and O–H groups in total. The molecule has 10 nitrogen and oxygen atoms in total. The molecule has 0 radical (unpaired) electrons. The van der Waals surface area contributed by atoms with E-state index in [9.17, 15) is 25.9 Å². The van der Waals surface area contributed by atoms with Crippen LogP contribution in [-0.2, 0) is 46.2 Å². The molecular weight excluding hydrogens is 328 g/mol. The molecule has 0 heterocycles. The normalized spacial score (nSPS) is 11.1. The molecule has 0 aliphatic rings. The van der Waals surface area contributed by atoms with Crippen LogP contribution in [0.1, 0.15) is 0 Å². The predicted molar refractivity (Wildman–Crippen MR) is 45.5 cm³/mol. The molecule has 0 spiro atoms. The van der Waals surface area contributed by atoms with Gasteiger partial charge < -0.3 is 19.3 Å². The Hall–Kier alpha value is 0.179. The number of aliphatic hydroxyl groups is 2. The van der Waals surface area contributed by atoms with Gasteiger partial charge in [0.1, 0.15) is 0 Å². The second-order valence-electron chi connectivity index (χ2n) is 1.91. The van der Waals surface area contributed by atoms with Crippen LogP contribution in [0.4, 0.5) is 0 Å². The van der Waals surface area contributed by atoms with Gasteiger partial charge in [-0.3, -0.25) is 8.37 Å². The number of rotatable bonds is 6. The zero-order chi connectivity index (χ0) is 13.2. The molecule has 0 aromatic heterocycles. The summed E-state index contributed by atoms with van der Waals surface area (Å²) in [6.45, 7) is -1.87. The molecule has 0 saturated heterocycles. The molecule has 0 atom stereocenters. The van der Waals surface area contributed by atoms with Crippen LogP contribution in [0, 0.1) is 0 Å². The van der Waals surface area contributed by atoms with Crippen molar-refractivity contribution >= 4 is 20.8 Å². The zero-order valence-corrected chi connectivity index (χ0v) is 10.9. The molecule has 17 heavy (non-hydrogen) atoms. The van der Waals surface area contributed by atoms with E-state index in [1.165, 1.54) is 0 Å². The monoisotopic (exact) mass is 338 g/mol. The smallest absolute Gasteiger partial charge is 0.726 e. The van der Waals surface area contributed by atoms with Gasteiger partial charge >= 0.3 is 17.1 Å². The standard InChI is InChI=1S/2C2H6O5S.Fe/c2*3-1-2-7-8(4,5)6;/h2*3H,1-2H2,(H,4,5,6);/q;;+2/p-2. The molecule has 0 aromatic rings. The third kappa shape index (κ3) is 31.4. The molecule has 0 saturated carbocycles. The maximum Gasteiger partial charge on any atom is 2.00 e. The topological polar surface area (TPSA) is 173 Å². The molecular formula is C4H10FeO10S2. The SMILES string of the molecule is O=S(=O)([O-])OCCO.O=S(=O)([O-])OCCO.[Fe+2]. The fourth-order valence-corrected chi connectivity index (χ4v) is 0.836. The van der Waals surface area contributed by atoms with Crippen LogP contribution >= 0.6 is 0 Å². The fraction of sp³-hybridized carbons (Fsp3) is 1.00. The van der Waals surface area contributed by atoms with Crippen molar-refractivity contribution in [2.75, 3.05) is 26.4 Å². The summed E-state index contributed by atoms with van der Waals surface area (Å²) < 4.78 is 64.1. The second kappa shape index (κ2) is 11.3. The number of aliphatic hydroxyl groups excluding tert-OH is 2. The van der Waals surface area contributed by atoms with Crippen molar-refractivity contribution in [2.24, 2.45) is 0 Å². The molecule has 13 heteroatoms. The first-order chi connectivity index (χ1) is 7.12. The zero-order valence-electron chi connectivity index (χ0n) is 8.16. The molecule has 0 aromatic carbocycles. The third-order valence-corrected chi connectivity index (χ3v) is 1.55. The van der Waals surface area contributed by atoms with Crippen LogP contribution in [0.15, 0.2) is 0 Å². The summed E-state index contributed by atoms with van der Waals surface area (Å²) in [6, 6.07) is 0. The summed E-state index contributed by atoms with van der Waals surface area (Å²) in [7, 11) is -9.19. The van der Waals surface area contributed by atoms with E-state index in [0.717, 1.165) is 0 Å². The molecule has 0 aliphatic heterocycles. The molecule has 0 aliphatic carbocycles. The summed E-state index contributed by atoms with van der Waals surface area (Å²) in [6.07, 6.45) is 0. The van der Waals surface area contributed by atoms with Crippen LogP contribution in [-0.4, -0.2) is 62.6 Å². The van der Waals surface area contributed by atoms with Gasteiger partial charge in [0.25, 0.3) is 0 Å². The van der Waals surface area contributed by atoms with Crippen LogP contribution in [0.2, 0.25) is 0 Å². The minimum absolute atomic E-state index is 0. The van der Waals surface area contributed by atoms with Crippen LogP contribution in [0.25, 0.3) is 0 Å². The molecule has 0 rings (SSSR count). The Labute approximate surface area is 109 Å². The van der Waals surface area contributed by atoms with Crippen LogP contribution in [0.3, 0.4) is 0 Å². The van der Waals surface area contributed by atoms with Crippen LogP contribution in [0.5, 0.6) is 0 Å². The van der Waals surface area contributed by atoms with E-state index < -0.39 is 47.2 Å². The summed E-state index contributed by atoms with van der Waals surface area (Å²) in [5, 5.41) is 15.8. The minimum Gasteiger partial charge on any atom is -0.726 e. The first-order valence-corrected chi connectivity index (χ1v) is 6.21. The van der Waals surface area contributed by atoms with Gasteiger partial charge in [-0.2, -0.15) is 0 Å². The maximum atomic E-state index is 9.50. The predicted octanol–water partition coefficient (Wildman–Crippen LogP) is -3.09. The van der Waals surface area contributed by atoms with E-state index in [-0.39, 0.29) is 17.1 Å². The van der Waals surface area contributed by atoms with Crippen molar-refractivity contribution in [1.82, 2.24) is 0 Å². The second-order valence-corrected chi connectivity index (χ2v) is 4.01. The Morgan fingerprint density at radius 2 is 1.06 bits per heavy atom. The van der Waals surface area contributed by atoms with E-state index in [1.807, 2.05) is 0 Å². The largest absolute Gasteiger partial charge is 2.00 e. The van der Waals surface area contributed by atoms with Gasteiger partial charge in [0.15, 0.2) is 0 Å². The van der Waals surface area contributed by atoms with Gasteiger partial charge in [0, 0.05) is 0 Å². The number of hydrogen-bond acceptors (Lipinski definition) is 10. The van der Waals surface area contributed by atoms with Gasteiger partial charge in [-0.1, -0.05) is 0 Å². The Morgan fingerprint density at radius 3 is 1.12 bits per heavy atom. The molecule has 0 amide bonds. The Kier molecular flexibility index (Phi) is 14.8. The average Bonchev–Trinajstić information content (AvgIpc) is 2.10. The molecule has 0 bridgehead atoms. The fourth-order valence-electron chi connectivity index (χ4n) is 0.279. The van der Waals surface area contributed by atoms with Gasteiger partial charge in [-0.25, -0.2) is 16.8 Å². The van der Waals surface area contributed by atoms with Crippen molar-refractivity contribution < 1.29 is 61.6 Å². The van der Waals surface area contributed by atoms with E-state index in [0.29, 0.717) is 0 Å². The average molecular weight is 338 g/mol. The third-order valence-electron chi connectivity index (χ3n) is 0.638. The molecule has 0 unspecified atom stereocenters. The summed E-state index contributed by atoms with van der Waals surface area (Å²) in [4.78, 5) is 0. The van der Waals surface area contributed by atoms with Crippen molar-refractivity contribution in [2.45, 2.75) is 0 Å². The van der Waals surface area contributed by atoms with E-state index >= 15 is 0 Å². The van der Waals surface area contributed by atoms with Crippen molar-refractivity contribution in [3.8, 4) is 0 Å². The first-order valence-electron chi connectivity index (χ1n) is 3.54. The van der Waals surface area contributed by atoms with Crippen molar-refractivity contribution in [1.29, 1.82) is 0 Å². The van der Waals surface area contributed by atoms with Gasteiger partial charge in [0.05, 0.1) is 26.4 Å². The Balaban J connectivity index is -0.000000218. The van der Waals surface area contributed by atoms with E-state index in [1.54, 1.807) is 0 Å². The molecule has 106 valence electrons. The van der Waals surface area contributed by atoms with Crippen molar-refractivity contribution in [3.05, 3.63) is 0 Å². The van der Waals surface area contributed by atoms with Gasteiger partial charge in [0.2, 0.25) is 20.8 Å². The Bertz CT molecular complexity index is 311. The Morgan fingerprint density at radius 1 is 0.824 bits per heavy atom. The maximum absolute atomic E-state index is 9.50. The quantitative estimate of drug-likeness (QED) is 0.287. The minimum atomic E-state index is -4.60. The van der Waals surface area contributed by atoms with Crippen molar-refractivity contribution in [3.63, 3.8) is 0 Å². The summed E-state index contributed by atoms with van der Waals surface area (Å²) in [5.74, 6) is 0.